The number of aromatic nitrogens is 1. The summed E-state index contributed by atoms with van der Waals surface area (Å²) in [4.78, 5) is 0. The highest BCUT2D eigenvalue weighted by molar-refractivity contribution is 4.94. The number of rotatable bonds is 3. The van der Waals surface area contributed by atoms with Crippen molar-refractivity contribution >= 4 is 0 Å². The van der Waals surface area contributed by atoms with E-state index >= 15 is 0 Å². The fraction of sp³-hybridized carbons (Fsp3) is 0.667. The van der Waals surface area contributed by atoms with Crippen molar-refractivity contribution < 1.29 is 0 Å². The molecule has 14 heavy (non-hydrogen) atoms. The van der Waals surface area contributed by atoms with Gasteiger partial charge in [0, 0.05) is 18.4 Å². The number of nitrogens with two attached hydrogens (primary N) is 1. The van der Waals surface area contributed by atoms with Crippen molar-refractivity contribution in [2.24, 2.45) is 11.7 Å². The quantitative estimate of drug-likeness (QED) is 0.784. The van der Waals surface area contributed by atoms with Crippen LogP contribution in [0.3, 0.4) is 0 Å². The van der Waals surface area contributed by atoms with E-state index in [2.05, 4.69) is 29.1 Å². The maximum atomic E-state index is 5.62. The summed E-state index contributed by atoms with van der Waals surface area (Å²) in [7, 11) is 0. The molecular formula is C12H20N2. The molecule has 2 unspecified atom stereocenters. The average molecular weight is 192 g/mol. The van der Waals surface area contributed by atoms with Gasteiger partial charge in [0.05, 0.1) is 0 Å². The van der Waals surface area contributed by atoms with Crippen molar-refractivity contribution in [1.82, 2.24) is 4.57 Å². The maximum Gasteiger partial charge on any atom is 0.0333 e. The Morgan fingerprint density at radius 1 is 1.21 bits per heavy atom. The lowest BCUT2D eigenvalue weighted by atomic mass is 9.84. The van der Waals surface area contributed by atoms with Gasteiger partial charge in [0.2, 0.25) is 0 Å². The molecule has 0 bridgehead atoms. The van der Waals surface area contributed by atoms with E-state index in [1.165, 1.54) is 32.1 Å². The van der Waals surface area contributed by atoms with E-state index in [1.54, 1.807) is 0 Å². The van der Waals surface area contributed by atoms with Crippen LogP contribution in [0.5, 0.6) is 0 Å². The molecule has 0 radical (unpaired) electrons. The topological polar surface area (TPSA) is 30.9 Å². The summed E-state index contributed by atoms with van der Waals surface area (Å²) in [5.41, 5.74) is 5.62. The number of nitrogens with zero attached hydrogens (tertiary/aromatic N) is 1. The van der Waals surface area contributed by atoms with Crippen LogP contribution >= 0.6 is 0 Å². The molecule has 2 heteroatoms. The standard InChI is InChI=1S/C12H20N2/c13-7-6-11-4-3-5-12(10-11)14-8-1-2-9-14/h1-2,8-9,11-12H,3-7,10,13H2. The fourth-order valence-electron chi connectivity index (χ4n) is 2.62. The van der Waals surface area contributed by atoms with Crippen molar-refractivity contribution in [3.05, 3.63) is 24.5 Å². The third-order valence-electron chi connectivity index (χ3n) is 3.38. The van der Waals surface area contributed by atoms with Crippen LogP contribution in [0.4, 0.5) is 0 Å². The van der Waals surface area contributed by atoms with Crippen LogP contribution in [0.15, 0.2) is 24.5 Å². The number of hydrogen-bond acceptors (Lipinski definition) is 1. The zero-order valence-corrected chi connectivity index (χ0v) is 8.73. The molecule has 1 aromatic heterocycles. The van der Waals surface area contributed by atoms with Crippen molar-refractivity contribution in [3.8, 4) is 0 Å². The zero-order valence-electron chi connectivity index (χ0n) is 8.73. The Kier molecular flexibility index (Phi) is 3.25. The second-order valence-corrected chi connectivity index (χ2v) is 4.39. The Morgan fingerprint density at radius 3 is 2.71 bits per heavy atom. The van der Waals surface area contributed by atoms with Gasteiger partial charge in [0.15, 0.2) is 0 Å². The molecule has 0 spiro atoms. The van der Waals surface area contributed by atoms with Crippen LogP contribution in [-0.2, 0) is 0 Å². The summed E-state index contributed by atoms with van der Waals surface area (Å²) in [6.45, 7) is 0.850. The van der Waals surface area contributed by atoms with Crippen molar-refractivity contribution in [2.75, 3.05) is 6.54 Å². The lowest BCUT2D eigenvalue weighted by Crippen LogP contribution is -2.20. The first-order valence-electron chi connectivity index (χ1n) is 5.72. The van der Waals surface area contributed by atoms with Gasteiger partial charge in [0.25, 0.3) is 0 Å². The largest absolute Gasteiger partial charge is 0.351 e. The first kappa shape index (κ1) is 9.78. The molecule has 0 saturated heterocycles. The van der Waals surface area contributed by atoms with E-state index in [4.69, 9.17) is 5.73 Å². The molecule has 2 N–H and O–H groups in total. The first-order valence-corrected chi connectivity index (χ1v) is 5.72. The van der Waals surface area contributed by atoms with Gasteiger partial charge in [-0.1, -0.05) is 12.8 Å². The van der Waals surface area contributed by atoms with E-state index in [0.29, 0.717) is 0 Å². The molecule has 1 fully saturated rings. The monoisotopic (exact) mass is 192 g/mol. The summed E-state index contributed by atoms with van der Waals surface area (Å²) < 4.78 is 2.36. The van der Waals surface area contributed by atoms with Crippen LogP contribution in [0.25, 0.3) is 0 Å². The summed E-state index contributed by atoms with van der Waals surface area (Å²) in [6, 6.07) is 4.97. The Hall–Kier alpha value is -0.760. The molecule has 1 aliphatic rings. The maximum absolute atomic E-state index is 5.62. The van der Waals surface area contributed by atoms with Crippen LogP contribution in [0.2, 0.25) is 0 Å². The second kappa shape index (κ2) is 4.65. The minimum Gasteiger partial charge on any atom is -0.351 e. The summed E-state index contributed by atoms with van der Waals surface area (Å²) in [6.07, 6.45) is 11.0. The van der Waals surface area contributed by atoms with Gasteiger partial charge in [0.1, 0.15) is 0 Å². The molecular weight excluding hydrogens is 172 g/mol. The first-order chi connectivity index (χ1) is 6.90. The van der Waals surface area contributed by atoms with E-state index in [9.17, 15) is 0 Å². The Bertz CT molecular complexity index is 251. The molecule has 2 atom stereocenters. The molecule has 78 valence electrons. The molecule has 2 rings (SSSR count). The van der Waals surface area contributed by atoms with Gasteiger partial charge in [-0.05, 0) is 43.9 Å². The van der Waals surface area contributed by atoms with E-state index in [0.717, 1.165) is 18.5 Å². The molecule has 0 amide bonds. The third-order valence-corrected chi connectivity index (χ3v) is 3.38. The van der Waals surface area contributed by atoms with Crippen LogP contribution in [0.1, 0.15) is 38.1 Å². The average Bonchev–Trinajstić information content (AvgIpc) is 2.71. The molecule has 1 aromatic rings. The lowest BCUT2D eigenvalue weighted by Gasteiger charge is -2.30. The fourth-order valence-corrected chi connectivity index (χ4v) is 2.62. The van der Waals surface area contributed by atoms with Crippen LogP contribution in [-0.4, -0.2) is 11.1 Å². The van der Waals surface area contributed by atoms with Gasteiger partial charge in [-0.25, -0.2) is 0 Å². The van der Waals surface area contributed by atoms with Crippen molar-refractivity contribution in [1.29, 1.82) is 0 Å². The highest BCUT2D eigenvalue weighted by atomic mass is 15.0. The summed E-state index contributed by atoms with van der Waals surface area (Å²) >= 11 is 0. The minimum atomic E-state index is 0.732. The van der Waals surface area contributed by atoms with E-state index < -0.39 is 0 Å². The highest BCUT2D eigenvalue weighted by Crippen LogP contribution is 2.33. The highest BCUT2D eigenvalue weighted by Gasteiger charge is 2.21. The van der Waals surface area contributed by atoms with Gasteiger partial charge in [-0.15, -0.1) is 0 Å². The van der Waals surface area contributed by atoms with Crippen molar-refractivity contribution in [2.45, 2.75) is 38.1 Å². The van der Waals surface area contributed by atoms with Crippen molar-refractivity contribution in [3.63, 3.8) is 0 Å². The summed E-state index contributed by atoms with van der Waals surface area (Å²) in [5.74, 6) is 0.862. The zero-order chi connectivity index (χ0) is 9.80. The van der Waals surface area contributed by atoms with Gasteiger partial charge in [-0.3, -0.25) is 0 Å². The normalized spacial score (nSPS) is 27.8. The molecule has 1 saturated carbocycles. The smallest absolute Gasteiger partial charge is 0.0333 e. The number of hydrogen-bond donors (Lipinski definition) is 1. The predicted octanol–water partition coefficient (Wildman–Crippen LogP) is 2.57. The molecule has 0 aliphatic heterocycles. The van der Waals surface area contributed by atoms with Gasteiger partial charge >= 0.3 is 0 Å². The predicted molar refractivity (Wildman–Crippen MR) is 59.1 cm³/mol. The van der Waals surface area contributed by atoms with E-state index in [-0.39, 0.29) is 0 Å². The van der Waals surface area contributed by atoms with Gasteiger partial charge in [-0.2, -0.15) is 0 Å². The Labute approximate surface area is 86.1 Å². The Balaban J connectivity index is 1.94. The minimum absolute atomic E-state index is 0.732. The van der Waals surface area contributed by atoms with Crippen LogP contribution < -0.4 is 5.73 Å². The molecule has 0 aromatic carbocycles. The van der Waals surface area contributed by atoms with Gasteiger partial charge < -0.3 is 10.3 Å². The molecule has 1 heterocycles. The second-order valence-electron chi connectivity index (χ2n) is 4.39. The third kappa shape index (κ3) is 2.18. The summed E-state index contributed by atoms with van der Waals surface area (Å²) in [5, 5.41) is 0. The lowest BCUT2D eigenvalue weighted by molar-refractivity contribution is 0.258. The molecule has 1 aliphatic carbocycles. The van der Waals surface area contributed by atoms with E-state index in [1.807, 2.05) is 0 Å². The SMILES string of the molecule is NCCC1CCCC(n2cccc2)C1. The Morgan fingerprint density at radius 2 is 2.00 bits per heavy atom. The molecule has 2 nitrogen and oxygen atoms in total. The van der Waals surface area contributed by atoms with Crippen LogP contribution in [0, 0.1) is 5.92 Å².